The molecule has 0 bridgehead atoms. The van der Waals surface area contributed by atoms with E-state index in [0.29, 0.717) is 22.3 Å². The second kappa shape index (κ2) is 7.42. The number of benzene rings is 2. The number of nitrogens with zero attached hydrogens (tertiary/aromatic N) is 2. The normalized spacial score (nSPS) is 10.9. The fourth-order valence-corrected chi connectivity index (χ4v) is 3.96. The van der Waals surface area contributed by atoms with Crippen molar-refractivity contribution in [3.63, 3.8) is 0 Å². The first-order valence-electron chi connectivity index (χ1n) is 8.17. The highest BCUT2D eigenvalue weighted by molar-refractivity contribution is 7.16. The highest BCUT2D eigenvalue weighted by Crippen LogP contribution is 2.34. The van der Waals surface area contributed by atoms with Crippen LogP contribution in [0.25, 0.3) is 16.0 Å². The molecule has 0 N–H and O–H groups in total. The van der Waals surface area contributed by atoms with Gasteiger partial charge in [-0.05, 0) is 29.8 Å². The molecule has 0 aliphatic heterocycles. The van der Waals surface area contributed by atoms with E-state index in [2.05, 4.69) is 4.98 Å². The molecule has 27 heavy (non-hydrogen) atoms. The summed E-state index contributed by atoms with van der Waals surface area (Å²) >= 11 is 7.32. The summed E-state index contributed by atoms with van der Waals surface area (Å²) in [5.41, 5.74) is 2.75. The Labute approximate surface area is 164 Å². The summed E-state index contributed by atoms with van der Waals surface area (Å²) < 4.78 is 12.8. The molecule has 0 spiro atoms. The number of fused-ring (bicyclic) bond motifs is 1. The van der Waals surface area contributed by atoms with Crippen molar-refractivity contribution in [1.29, 1.82) is 0 Å². The molecule has 0 unspecified atom stereocenters. The van der Waals surface area contributed by atoms with Gasteiger partial charge in [0.15, 0.2) is 4.88 Å². The molecule has 0 saturated carbocycles. The Bertz CT molecular complexity index is 1120. The van der Waals surface area contributed by atoms with Crippen molar-refractivity contribution < 1.29 is 14.3 Å². The summed E-state index contributed by atoms with van der Waals surface area (Å²) in [7, 11) is 1.36. The Morgan fingerprint density at radius 1 is 1.19 bits per heavy atom. The number of hydrogen-bond donors (Lipinski definition) is 0. The molecule has 2 aromatic heterocycles. The van der Waals surface area contributed by atoms with Gasteiger partial charge in [0.05, 0.1) is 18.1 Å². The molecule has 0 atom stereocenters. The average molecular weight is 399 g/mol. The predicted octanol–water partition coefficient (Wildman–Crippen LogP) is 5.11. The van der Waals surface area contributed by atoms with E-state index >= 15 is 0 Å². The minimum absolute atomic E-state index is 0.297. The smallest absolute Gasteiger partial charge is 0.351 e. The van der Waals surface area contributed by atoms with Crippen LogP contribution in [0.2, 0.25) is 5.02 Å². The minimum Gasteiger partial charge on any atom is -0.487 e. The van der Waals surface area contributed by atoms with Crippen LogP contribution in [0, 0.1) is 0 Å². The van der Waals surface area contributed by atoms with Gasteiger partial charge in [0.25, 0.3) is 0 Å². The summed E-state index contributed by atoms with van der Waals surface area (Å²) in [6.07, 6.45) is 1.73. The minimum atomic E-state index is -0.434. The maximum atomic E-state index is 12.2. The van der Waals surface area contributed by atoms with E-state index < -0.39 is 5.97 Å². The molecular formula is C20H15ClN2O3S. The molecule has 4 rings (SSSR count). The zero-order chi connectivity index (χ0) is 18.8. The van der Waals surface area contributed by atoms with Gasteiger partial charge in [-0.25, -0.2) is 9.78 Å². The highest BCUT2D eigenvalue weighted by atomic mass is 35.5. The number of methoxy groups -OCH3 is 1. The van der Waals surface area contributed by atoms with Crippen LogP contribution >= 0.6 is 22.9 Å². The third-order valence-electron chi connectivity index (χ3n) is 4.03. The number of halogens is 1. The molecule has 7 heteroatoms. The maximum Gasteiger partial charge on any atom is 0.351 e. The van der Waals surface area contributed by atoms with Gasteiger partial charge >= 0.3 is 5.97 Å². The molecule has 0 saturated heterocycles. The molecule has 2 heterocycles. The summed E-state index contributed by atoms with van der Waals surface area (Å²) in [6.45, 7) is 0.297. The molecule has 0 aliphatic carbocycles. The number of esters is 1. The zero-order valence-electron chi connectivity index (χ0n) is 14.4. The third-order valence-corrected chi connectivity index (χ3v) is 5.36. The Morgan fingerprint density at radius 3 is 2.85 bits per heavy atom. The molecule has 0 aliphatic rings. The lowest BCUT2D eigenvalue weighted by molar-refractivity contribution is 0.0601. The zero-order valence-corrected chi connectivity index (χ0v) is 16.0. The number of ether oxygens (including phenoxy) is 2. The Kier molecular flexibility index (Phi) is 4.83. The summed E-state index contributed by atoms with van der Waals surface area (Å²) in [5.74, 6) is 0.0383. The van der Waals surface area contributed by atoms with Gasteiger partial charge in [0.1, 0.15) is 23.7 Å². The Hall–Kier alpha value is -2.83. The van der Waals surface area contributed by atoms with Gasteiger partial charge in [0, 0.05) is 11.1 Å². The molecular weight excluding hydrogens is 384 g/mol. The van der Waals surface area contributed by atoms with Crippen molar-refractivity contribution in [2.24, 2.45) is 0 Å². The maximum absolute atomic E-state index is 12.2. The van der Waals surface area contributed by atoms with E-state index in [-0.39, 0.29) is 0 Å². The highest BCUT2D eigenvalue weighted by Gasteiger charge is 2.20. The van der Waals surface area contributed by atoms with Crippen molar-refractivity contribution in [1.82, 2.24) is 9.55 Å². The first kappa shape index (κ1) is 17.6. The summed E-state index contributed by atoms with van der Waals surface area (Å²) in [6, 6.07) is 17.0. The fraction of sp³-hybridized carbons (Fsp3) is 0.100. The number of thiophene rings is 1. The lowest BCUT2D eigenvalue weighted by Gasteiger charge is -2.06. The molecule has 4 aromatic rings. The third kappa shape index (κ3) is 3.54. The van der Waals surface area contributed by atoms with Crippen LogP contribution in [0.4, 0.5) is 0 Å². The van der Waals surface area contributed by atoms with Crippen LogP contribution < -0.4 is 4.74 Å². The number of aromatic nitrogens is 2. The van der Waals surface area contributed by atoms with Crippen molar-refractivity contribution >= 4 is 39.9 Å². The van der Waals surface area contributed by atoms with Crippen molar-refractivity contribution in [3.8, 4) is 10.8 Å². The van der Waals surface area contributed by atoms with Gasteiger partial charge in [-0.1, -0.05) is 35.9 Å². The lowest BCUT2D eigenvalue weighted by atomic mass is 10.2. The molecule has 0 amide bonds. The monoisotopic (exact) mass is 398 g/mol. The van der Waals surface area contributed by atoms with E-state index in [1.165, 1.54) is 18.4 Å². The van der Waals surface area contributed by atoms with Gasteiger partial charge in [-0.15, -0.1) is 11.3 Å². The second-order valence-electron chi connectivity index (χ2n) is 5.79. The number of carbonyl (C=O) groups is 1. The molecule has 0 fully saturated rings. The second-order valence-corrected chi connectivity index (χ2v) is 7.26. The van der Waals surface area contributed by atoms with E-state index in [4.69, 9.17) is 21.1 Å². The number of imidazole rings is 1. The van der Waals surface area contributed by atoms with Crippen molar-refractivity contribution in [2.45, 2.75) is 6.61 Å². The van der Waals surface area contributed by atoms with Gasteiger partial charge in [-0.2, -0.15) is 0 Å². The molecule has 0 radical (unpaired) electrons. The van der Waals surface area contributed by atoms with Crippen LogP contribution in [-0.4, -0.2) is 22.6 Å². The van der Waals surface area contributed by atoms with Crippen molar-refractivity contribution in [3.05, 3.63) is 76.4 Å². The molecule has 136 valence electrons. The summed E-state index contributed by atoms with van der Waals surface area (Å²) in [5, 5.41) is 1.46. The van der Waals surface area contributed by atoms with Crippen LogP contribution in [0.3, 0.4) is 0 Å². The van der Waals surface area contributed by atoms with E-state index in [1.807, 2.05) is 53.1 Å². The van der Waals surface area contributed by atoms with Gasteiger partial charge in [0.2, 0.25) is 0 Å². The Balaban J connectivity index is 1.69. The largest absolute Gasteiger partial charge is 0.487 e. The first-order valence-corrected chi connectivity index (χ1v) is 9.37. The first-order chi connectivity index (χ1) is 13.2. The lowest BCUT2D eigenvalue weighted by Crippen LogP contribution is -2.02. The van der Waals surface area contributed by atoms with E-state index in [1.54, 1.807) is 12.4 Å². The average Bonchev–Trinajstić information content (AvgIpc) is 3.30. The van der Waals surface area contributed by atoms with Crippen LogP contribution in [-0.2, 0) is 11.3 Å². The van der Waals surface area contributed by atoms with Gasteiger partial charge in [-0.3, -0.25) is 4.57 Å². The van der Waals surface area contributed by atoms with E-state index in [0.717, 1.165) is 21.6 Å². The number of hydrogen-bond acceptors (Lipinski definition) is 5. The fourth-order valence-electron chi connectivity index (χ4n) is 2.75. The topological polar surface area (TPSA) is 53.4 Å². The van der Waals surface area contributed by atoms with Crippen LogP contribution in [0.1, 0.15) is 15.2 Å². The van der Waals surface area contributed by atoms with Crippen molar-refractivity contribution in [2.75, 3.05) is 7.11 Å². The Morgan fingerprint density at radius 2 is 2.04 bits per heavy atom. The van der Waals surface area contributed by atoms with Gasteiger partial charge < -0.3 is 9.47 Å². The number of rotatable bonds is 5. The SMILES string of the molecule is COC(=O)c1sc(-n2cnc3ccccc32)cc1OCc1cccc(Cl)c1. The quantitative estimate of drug-likeness (QED) is 0.438. The molecule has 2 aromatic carbocycles. The van der Waals surface area contributed by atoms with Crippen LogP contribution in [0.15, 0.2) is 60.9 Å². The number of para-hydroxylation sites is 2. The van der Waals surface area contributed by atoms with Crippen LogP contribution in [0.5, 0.6) is 5.75 Å². The standard InChI is InChI=1S/C20H15ClN2O3S/c1-25-20(24)19-17(26-11-13-5-4-6-14(21)9-13)10-18(27-19)23-12-22-15-7-2-3-8-16(15)23/h2-10,12H,11H2,1H3. The number of carbonyl (C=O) groups excluding carboxylic acids is 1. The van der Waals surface area contributed by atoms with E-state index in [9.17, 15) is 4.79 Å². The predicted molar refractivity (Wildman–Crippen MR) is 106 cm³/mol. The summed E-state index contributed by atoms with van der Waals surface area (Å²) in [4.78, 5) is 17.0. The molecule has 5 nitrogen and oxygen atoms in total.